The van der Waals surface area contributed by atoms with E-state index in [2.05, 4.69) is 17.6 Å². The molecule has 0 spiro atoms. The molecule has 2 aromatic carbocycles. The molecule has 2 aromatic rings. The van der Waals surface area contributed by atoms with Crippen LogP contribution in [0.5, 0.6) is 0 Å². The molecule has 0 saturated carbocycles. The lowest BCUT2D eigenvalue weighted by molar-refractivity contribution is -0.140. The van der Waals surface area contributed by atoms with Crippen molar-refractivity contribution in [2.45, 2.75) is 98.3 Å². The van der Waals surface area contributed by atoms with E-state index in [9.17, 15) is 14.4 Å². The van der Waals surface area contributed by atoms with Crippen molar-refractivity contribution in [2.75, 3.05) is 11.9 Å². The summed E-state index contributed by atoms with van der Waals surface area (Å²) in [5, 5.41) is 6.04. The van der Waals surface area contributed by atoms with Crippen molar-refractivity contribution in [3.8, 4) is 0 Å². The van der Waals surface area contributed by atoms with Crippen LogP contribution in [0.25, 0.3) is 0 Å². The number of rotatable bonds is 12. The number of para-hydroxylation sites is 1. The molecule has 0 aromatic heterocycles. The Kier molecular flexibility index (Phi) is 12.3. The van der Waals surface area contributed by atoms with Crippen molar-refractivity contribution in [2.24, 2.45) is 0 Å². The zero-order chi connectivity index (χ0) is 29.2. The molecule has 0 bridgehead atoms. The Morgan fingerprint density at radius 2 is 1.62 bits per heavy atom. The maximum Gasteiger partial charge on any atom is 0.408 e. The second-order valence-corrected chi connectivity index (χ2v) is 11.5. The summed E-state index contributed by atoms with van der Waals surface area (Å²) >= 11 is 6.42. The van der Waals surface area contributed by atoms with Gasteiger partial charge in [-0.15, -0.1) is 0 Å². The number of hydrogen-bond donors (Lipinski definition) is 2. The van der Waals surface area contributed by atoms with Crippen LogP contribution in [0, 0.1) is 13.8 Å². The SMILES string of the molecule is CCCCCCCN(C(=O)C(C)NC(=O)OC(C)(C)C)C(C(=O)Nc1c(C)cccc1Cl)c1ccc(C)cc1. The van der Waals surface area contributed by atoms with E-state index in [4.69, 9.17) is 16.3 Å². The van der Waals surface area contributed by atoms with Gasteiger partial charge in [0.15, 0.2) is 0 Å². The summed E-state index contributed by atoms with van der Waals surface area (Å²) in [7, 11) is 0. The van der Waals surface area contributed by atoms with E-state index in [1.54, 1.807) is 38.7 Å². The van der Waals surface area contributed by atoms with Crippen LogP contribution in [0.3, 0.4) is 0 Å². The van der Waals surface area contributed by atoms with Crippen LogP contribution >= 0.6 is 11.6 Å². The second-order valence-electron chi connectivity index (χ2n) is 11.0. The predicted molar refractivity (Wildman–Crippen MR) is 158 cm³/mol. The molecule has 2 unspecified atom stereocenters. The summed E-state index contributed by atoms with van der Waals surface area (Å²) in [6, 6.07) is 11.1. The van der Waals surface area contributed by atoms with Gasteiger partial charge in [-0.25, -0.2) is 4.79 Å². The largest absolute Gasteiger partial charge is 0.444 e. The number of halogens is 1. The van der Waals surface area contributed by atoms with Gasteiger partial charge in [-0.2, -0.15) is 0 Å². The summed E-state index contributed by atoms with van der Waals surface area (Å²) in [6.07, 6.45) is 4.23. The van der Waals surface area contributed by atoms with Crippen molar-refractivity contribution in [3.63, 3.8) is 0 Å². The van der Waals surface area contributed by atoms with E-state index in [1.165, 1.54) is 0 Å². The maximum absolute atomic E-state index is 13.9. The molecular formula is C31H44ClN3O4. The van der Waals surface area contributed by atoms with Crippen LogP contribution in [-0.2, 0) is 14.3 Å². The molecule has 39 heavy (non-hydrogen) atoms. The summed E-state index contributed by atoms with van der Waals surface area (Å²) in [5.41, 5.74) is 2.34. The highest BCUT2D eigenvalue weighted by Crippen LogP contribution is 2.30. The number of nitrogens with one attached hydrogen (secondary N) is 2. The smallest absolute Gasteiger partial charge is 0.408 e. The van der Waals surface area contributed by atoms with E-state index in [0.29, 0.717) is 22.8 Å². The molecule has 0 radical (unpaired) electrons. The summed E-state index contributed by atoms with van der Waals surface area (Å²) in [5.74, 6) is -0.741. The van der Waals surface area contributed by atoms with Crippen molar-refractivity contribution < 1.29 is 19.1 Å². The number of benzene rings is 2. The Hall–Kier alpha value is -3.06. The van der Waals surface area contributed by atoms with E-state index in [-0.39, 0.29) is 11.8 Å². The van der Waals surface area contributed by atoms with Crippen molar-refractivity contribution >= 4 is 35.2 Å². The lowest BCUT2D eigenvalue weighted by atomic mass is 10.0. The third-order valence-corrected chi connectivity index (χ3v) is 6.63. The highest BCUT2D eigenvalue weighted by atomic mass is 35.5. The van der Waals surface area contributed by atoms with E-state index in [0.717, 1.165) is 43.2 Å². The number of carbonyl (C=O) groups excluding carboxylic acids is 3. The van der Waals surface area contributed by atoms with Gasteiger partial charge in [0.25, 0.3) is 5.91 Å². The molecule has 2 N–H and O–H groups in total. The van der Waals surface area contributed by atoms with E-state index >= 15 is 0 Å². The molecule has 2 atom stereocenters. The molecule has 8 heteroatoms. The third-order valence-electron chi connectivity index (χ3n) is 6.31. The first kappa shape index (κ1) is 32.2. The molecule has 0 heterocycles. The first-order chi connectivity index (χ1) is 18.3. The average molecular weight is 558 g/mol. The number of aryl methyl sites for hydroxylation is 2. The predicted octanol–water partition coefficient (Wildman–Crippen LogP) is 7.35. The Morgan fingerprint density at radius 1 is 0.974 bits per heavy atom. The molecule has 0 aliphatic rings. The van der Waals surface area contributed by atoms with Gasteiger partial charge in [-0.3, -0.25) is 9.59 Å². The zero-order valence-corrected chi connectivity index (χ0v) is 25.2. The van der Waals surface area contributed by atoms with Crippen LogP contribution in [0.15, 0.2) is 42.5 Å². The number of nitrogens with zero attached hydrogens (tertiary/aromatic N) is 1. The van der Waals surface area contributed by atoms with Crippen LogP contribution in [0.4, 0.5) is 10.5 Å². The number of carbonyl (C=O) groups is 3. The molecule has 2 rings (SSSR count). The lowest BCUT2D eigenvalue weighted by Crippen LogP contribution is -2.51. The molecule has 0 aliphatic heterocycles. The topological polar surface area (TPSA) is 87.7 Å². The first-order valence-corrected chi connectivity index (χ1v) is 14.1. The summed E-state index contributed by atoms with van der Waals surface area (Å²) in [6.45, 7) is 13.2. The minimum atomic E-state index is -0.928. The van der Waals surface area contributed by atoms with Gasteiger partial charge in [0.1, 0.15) is 17.7 Å². The standard InChI is InChI=1S/C31H44ClN3O4/c1-8-9-10-11-12-20-35(29(37)23(4)33-30(38)39-31(5,6)7)27(24-18-16-21(2)17-19-24)28(36)34-26-22(3)14-13-15-25(26)32/h13-19,23,27H,8-12,20H2,1-7H3,(H,33,38)(H,34,36). The normalized spacial score (nSPS) is 12.8. The molecule has 0 fully saturated rings. The molecular weight excluding hydrogens is 514 g/mol. The number of amides is 3. The fraction of sp³-hybridized carbons (Fsp3) is 0.516. The van der Waals surface area contributed by atoms with Crippen LogP contribution in [-0.4, -0.2) is 41.0 Å². The van der Waals surface area contributed by atoms with Gasteiger partial charge < -0.3 is 20.3 Å². The Balaban J connectivity index is 2.45. The van der Waals surface area contributed by atoms with Gasteiger partial charge >= 0.3 is 6.09 Å². The summed E-state index contributed by atoms with van der Waals surface area (Å²) < 4.78 is 5.36. The average Bonchev–Trinajstić information content (AvgIpc) is 2.84. The number of hydrogen-bond acceptors (Lipinski definition) is 4. The quantitative estimate of drug-likeness (QED) is 0.267. The fourth-order valence-corrected chi connectivity index (χ4v) is 4.52. The maximum atomic E-state index is 13.9. The number of anilines is 1. The number of unbranched alkanes of at least 4 members (excludes halogenated alkanes) is 4. The Bertz CT molecular complexity index is 1090. The van der Waals surface area contributed by atoms with E-state index < -0.39 is 23.8 Å². The number of ether oxygens (including phenoxy) is 1. The van der Waals surface area contributed by atoms with Crippen molar-refractivity contribution in [1.82, 2.24) is 10.2 Å². The van der Waals surface area contributed by atoms with Gasteiger partial charge in [-0.05, 0) is 65.2 Å². The fourth-order valence-electron chi connectivity index (χ4n) is 4.25. The summed E-state index contributed by atoms with van der Waals surface area (Å²) in [4.78, 5) is 41.9. The zero-order valence-electron chi connectivity index (χ0n) is 24.4. The molecule has 0 saturated heterocycles. The van der Waals surface area contributed by atoms with Crippen molar-refractivity contribution in [3.05, 3.63) is 64.2 Å². The third kappa shape index (κ3) is 10.2. The Labute approximate surface area is 238 Å². The first-order valence-electron chi connectivity index (χ1n) is 13.8. The van der Waals surface area contributed by atoms with Gasteiger partial charge in [0.05, 0.1) is 10.7 Å². The molecule has 3 amide bonds. The lowest BCUT2D eigenvalue weighted by Gasteiger charge is -2.34. The van der Waals surface area contributed by atoms with Gasteiger partial charge in [0.2, 0.25) is 5.91 Å². The van der Waals surface area contributed by atoms with Crippen LogP contribution < -0.4 is 10.6 Å². The molecule has 7 nitrogen and oxygen atoms in total. The minimum absolute atomic E-state index is 0.357. The van der Waals surface area contributed by atoms with Crippen LogP contribution in [0.2, 0.25) is 5.02 Å². The van der Waals surface area contributed by atoms with Gasteiger partial charge in [-0.1, -0.05) is 86.2 Å². The number of alkyl carbamates (subject to hydrolysis) is 1. The molecule has 214 valence electrons. The highest BCUT2D eigenvalue weighted by Gasteiger charge is 2.35. The second kappa shape index (κ2) is 14.9. The van der Waals surface area contributed by atoms with E-state index in [1.807, 2.05) is 50.2 Å². The Morgan fingerprint density at radius 3 is 2.21 bits per heavy atom. The monoisotopic (exact) mass is 557 g/mol. The highest BCUT2D eigenvalue weighted by molar-refractivity contribution is 6.34. The minimum Gasteiger partial charge on any atom is -0.444 e. The molecule has 0 aliphatic carbocycles. The van der Waals surface area contributed by atoms with Crippen molar-refractivity contribution in [1.29, 1.82) is 0 Å². The van der Waals surface area contributed by atoms with Crippen LogP contribution in [0.1, 0.15) is 89.5 Å². The van der Waals surface area contributed by atoms with Gasteiger partial charge in [0, 0.05) is 6.54 Å².